The summed E-state index contributed by atoms with van der Waals surface area (Å²) >= 11 is 0. The molecule has 2 aromatic carbocycles. The van der Waals surface area contributed by atoms with E-state index in [0.29, 0.717) is 23.1 Å². The van der Waals surface area contributed by atoms with Gasteiger partial charge < -0.3 is 19.9 Å². The second-order valence-corrected chi connectivity index (χ2v) is 14.4. The Morgan fingerprint density at radius 3 is 1.96 bits per heavy atom. The molecule has 11 heteroatoms. The molecule has 0 aromatic heterocycles. The van der Waals surface area contributed by atoms with Gasteiger partial charge in [0.1, 0.15) is 5.76 Å². The third-order valence-electron chi connectivity index (χ3n) is 8.07. The third kappa shape index (κ3) is 16.4. The Morgan fingerprint density at radius 1 is 0.960 bits per heavy atom. The molecule has 2 unspecified atom stereocenters. The van der Waals surface area contributed by atoms with Crippen molar-refractivity contribution in [1.82, 2.24) is 10.6 Å². The van der Waals surface area contributed by atoms with Crippen molar-refractivity contribution in [3.63, 3.8) is 0 Å². The normalized spacial score (nSPS) is 14.6. The van der Waals surface area contributed by atoms with E-state index in [-0.39, 0.29) is 35.8 Å². The molecule has 0 saturated carbocycles. The molecule has 2 amide bonds. The van der Waals surface area contributed by atoms with Gasteiger partial charge >= 0.3 is 6.36 Å². The zero-order valence-corrected chi connectivity index (χ0v) is 32.5. The number of hydrogen-bond acceptors (Lipinski definition) is 4. The lowest BCUT2D eigenvalue weighted by Gasteiger charge is -2.37. The van der Waals surface area contributed by atoms with Crippen molar-refractivity contribution in [2.24, 2.45) is 11.8 Å². The second-order valence-electron chi connectivity index (χ2n) is 12.5. The maximum Gasteiger partial charge on any atom is 0.572 e. The van der Waals surface area contributed by atoms with Gasteiger partial charge in [0.15, 0.2) is 0 Å². The van der Waals surface area contributed by atoms with E-state index >= 15 is 0 Å². The Kier molecular flexibility index (Phi) is 20.1. The zero-order chi connectivity index (χ0) is 38.9. The smallest absolute Gasteiger partial charge is 0.411 e. The van der Waals surface area contributed by atoms with Crippen LogP contribution in [-0.2, 0) is 31.2 Å². The lowest BCUT2D eigenvalue weighted by Crippen LogP contribution is -2.32. The van der Waals surface area contributed by atoms with Crippen molar-refractivity contribution >= 4 is 27.5 Å². The number of rotatable bonds is 15. The minimum Gasteiger partial charge on any atom is -0.411 e. The summed E-state index contributed by atoms with van der Waals surface area (Å²) in [5, 5.41) is 5.38. The highest BCUT2D eigenvalue weighted by Crippen LogP contribution is 2.39. The van der Waals surface area contributed by atoms with Gasteiger partial charge in [0.2, 0.25) is 5.91 Å². The molecule has 0 bridgehead atoms. The molecule has 7 nitrogen and oxygen atoms in total. The van der Waals surface area contributed by atoms with E-state index in [1.165, 1.54) is 13.0 Å². The molecule has 0 spiro atoms. The Morgan fingerprint density at radius 2 is 1.50 bits per heavy atom. The second kappa shape index (κ2) is 21.6. The molecular formula is C39H59F3N2O5S. The molecule has 0 saturated heterocycles. The van der Waals surface area contributed by atoms with Crippen LogP contribution in [0.25, 0.3) is 0 Å². The van der Waals surface area contributed by atoms with Crippen LogP contribution >= 0.6 is 0 Å². The summed E-state index contributed by atoms with van der Waals surface area (Å²) in [5.41, 5.74) is 3.28. The van der Waals surface area contributed by atoms with Gasteiger partial charge in [-0.3, -0.25) is 9.59 Å². The number of alkyl halides is 3. The first-order valence-electron chi connectivity index (χ1n) is 17.2. The number of ether oxygens (including phenoxy) is 1. The fourth-order valence-electron chi connectivity index (χ4n) is 5.77. The van der Waals surface area contributed by atoms with Gasteiger partial charge in [-0.2, -0.15) is 0 Å². The van der Waals surface area contributed by atoms with E-state index in [9.17, 15) is 31.5 Å². The molecule has 0 aliphatic heterocycles. The highest BCUT2D eigenvalue weighted by molar-refractivity contribution is 7.95. The molecule has 0 radical (unpaired) electrons. The van der Waals surface area contributed by atoms with Gasteiger partial charge in [0.05, 0.1) is 21.5 Å². The molecule has 3 atom stereocenters. The Labute approximate surface area is 299 Å². The maximum atomic E-state index is 13.6. The summed E-state index contributed by atoms with van der Waals surface area (Å²) in [6.07, 6.45) is -1.02. The molecular weight excluding hydrogens is 665 g/mol. The molecule has 0 aliphatic rings. The van der Waals surface area contributed by atoms with Crippen LogP contribution < -0.4 is 10.6 Å². The van der Waals surface area contributed by atoms with Crippen molar-refractivity contribution < 1.29 is 36.3 Å². The first-order valence-corrected chi connectivity index (χ1v) is 19.1. The van der Waals surface area contributed by atoms with Gasteiger partial charge in [0, 0.05) is 17.8 Å². The van der Waals surface area contributed by atoms with Crippen LogP contribution in [-0.4, -0.2) is 45.1 Å². The van der Waals surface area contributed by atoms with E-state index in [4.69, 9.17) is 0 Å². The molecule has 2 rings (SSSR count). The molecule has 282 valence electrons. The number of amides is 2. The zero-order valence-electron chi connectivity index (χ0n) is 31.7. The van der Waals surface area contributed by atoms with Crippen molar-refractivity contribution in [1.29, 1.82) is 0 Å². The van der Waals surface area contributed by atoms with E-state index in [1.54, 1.807) is 31.2 Å². The fourth-order valence-corrected chi connectivity index (χ4v) is 6.19. The summed E-state index contributed by atoms with van der Waals surface area (Å²) in [4.78, 5) is 26.1. The van der Waals surface area contributed by atoms with Gasteiger partial charge in [-0.15, -0.1) is 13.2 Å². The monoisotopic (exact) mass is 724 g/mol. The summed E-state index contributed by atoms with van der Waals surface area (Å²) in [7, 11) is -3.21. The SMILES string of the molecule is C=S(=O)(O)CCNC(=O)c1ccc(CC(C(=O)N/C(C)=C/C=C(\C)OC(F)(F)F)c2ccc(C(C)(C)[C@@H](CC)C(C)C)cc2)cc1.CC.CC. The molecule has 3 N–H and O–H groups in total. The van der Waals surface area contributed by atoms with Gasteiger partial charge in [0.25, 0.3) is 5.91 Å². The predicted octanol–water partition coefficient (Wildman–Crippen LogP) is 9.40. The minimum atomic E-state index is -4.81. The van der Waals surface area contributed by atoms with Crippen molar-refractivity contribution in [3.05, 3.63) is 94.4 Å². The summed E-state index contributed by atoms with van der Waals surface area (Å²) in [6.45, 7) is 21.8. The van der Waals surface area contributed by atoms with Crippen molar-refractivity contribution in [2.45, 2.75) is 107 Å². The van der Waals surface area contributed by atoms with Crippen LogP contribution in [0.1, 0.15) is 116 Å². The van der Waals surface area contributed by atoms with E-state index in [2.05, 4.69) is 55.9 Å². The first-order chi connectivity index (χ1) is 23.2. The highest BCUT2D eigenvalue weighted by Gasteiger charge is 2.33. The number of nitrogens with one attached hydrogen (secondary N) is 2. The number of carbonyl (C=O) groups is 2. The largest absolute Gasteiger partial charge is 0.572 e. The number of benzene rings is 2. The molecule has 0 fully saturated rings. The highest BCUT2D eigenvalue weighted by atomic mass is 32.2. The number of allylic oxidation sites excluding steroid dienone is 4. The Balaban J connectivity index is 0.00000578. The lowest BCUT2D eigenvalue weighted by molar-refractivity contribution is -0.305. The molecule has 2 aromatic rings. The molecule has 50 heavy (non-hydrogen) atoms. The van der Waals surface area contributed by atoms with Crippen LogP contribution in [0.4, 0.5) is 13.2 Å². The van der Waals surface area contributed by atoms with E-state index in [0.717, 1.165) is 29.2 Å². The van der Waals surface area contributed by atoms with Crippen molar-refractivity contribution in [3.8, 4) is 0 Å². The molecule has 0 heterocycles. The third-order valence-corrected chi connectivity index (χ3v) is 8.91. The van der Waals surface area contributed by atoms with Crippen LogP contribution in [0.3, 0.4) is 0 Å². The predicted molar refractivity (Wildman–Crippen MR) is 202 cm³/mol. The topological polar surface area (TPSA) is 105 Å². The number of halogens is 3. The van der Waals surface area contributed by atoms with Crippen LogP contribution in [0.2, 0.25) is 0 Å². The summed E-state index contributed by atoms with van der Waals surface area (Å²) in [5.74, 6) is 2.13. The quantitative estimate of drug-likeness (QED) is 0.0965. The van der Waals surface area contributed by atoms with Gasteiger partial charge in [-0.05, 0) is 84.4 Å². The van der Waals surface area contributed by atoms with E-state index < -0.39 is 28.0 Å². The molecule has 0 aliphatic carbocycles. The standard InChI is InChI=1S/C35H47F3N2O5S.2C2H6/c1-9-31(23(2)3)34(6,7)29-18-16-27(17-19-29)30(33(42)40-24(4)10-11-25(5)45-35(36,37)38)22-26-12-14-28(15-13-26)32(41)39-20-21-46(8,43)44;2*1-2/h10-19,23,30-31H,8-9,20-22H2,1-7H3,(H,39,41)(H,40,42)(H,43,44);2*1-2H3/b24-10+,25-11+;;/t30?,31-;;/m0../s1. The van der Waals surface area contributed by atoms with Crippen LogP contribution in [0, 0.1) is 11.8 Å². The Bertz CT molecular complexity index is 1500. The average molecular weight is 725 g/mol. The number of carbonyl (C=O) groups excluding carboxylic acids is 2. The summed E-state index contributed by atoms with van der Waals surface area (Å²) < 4.78 is 62.1. The fraction of sp³-hybridized carbons (Fsp3) is 0.513. The van der Waals surface area contributed by atoms with Crippen LogP contribution in [0.5, 0.6) is 0 Å². The van der Waals surface area contributed by atoms with Crippen molar-refractivity contribution in [2.75, 3.05) is 12.3 Å². The summed E-state index contributed by atoms with van der Waals surface area (Å²) in [6, 6.07) is 14.7. The number of hydrogen-bond donors (Lipinski definition) is 3. The van der Waals surface area contributed by atoms with E-state index in [1.807, 2.05) is 52.0 Å². The average Bonchev–Trinajstić information content (AvgIpc) is 3.03. The minimum absolute atomic E-state index is 0.00541. The Hall–Kier alpha value is -3.57. The van der Waals surface area contributed by atoms with Crippen LogP contribution in [0.15, 0.2) is 72.1 Å². The lowest BCUT2D eigenvalue weighted by atomic mass is 9.67. The maximum absolute atomic E-state index is 13.6. The van der Waals surface area contributed by atoms with Gasteiger partial charge in [-0.1, -0.05) is 105 Å². The first kappa shape index (κ1) is 46.4. The van der Waals surface area contributed by atoms with Gasteiger partial charge in [-0.25, -0.2) is 4.21 Å².